The van der Waals surface area contributed by atoms with Gasteiger partial charge in [-0.25, -0.2) is 0 Å². The van der Waals surface area contributed by atoms with Crippen molar-refractivity contribution >= 4 is 5.69 Å². The molecule has 1 heteroatoms. The predicted octanol–water partition coefficient (Wildman–Crippen LogP) is 3.48. The van der Waals surface area contributed by atoms with Gasteiger partial charge in [-0.1, -0.05) is 32.0 Å². The fourth-order valence-corrected chi connectivity index (χ4v) is 1.86. The van der Waals surface area contributed by atoms with E-state index >= 15 is 0 Å². The largest absolute Gasteiger partial charge is 0.372 e. The van der Waals surface area contributed by atoms with Gasteiger partial charge in [0.1, 0.15) is 0 Å². The minimum absolute atomic E-state index is 0.694. The molecule has 0 saturated heterocycles. The third kappa shape index (κ3) is 2.09. The highest BCUT2D eigenvalue weighted by Gasteiger charge is 2.18. The number of benzene rings is 1. The van der Waals surface area contributed by atoms with Crippen LogP contribution in [0.1, 0.15) is 32.8 Å². The Morgan fingerprint density at radius 3 is 2.57 bits per heavy atom. The van der Waals surface area contributed by atoms with Crippen LogP contribution in [0, 0.1) is 0 Å². The van der Waals surface area contributed by atoms with Crippen molar-refractivity contribution in [2.24, 2.45) is 0 Å². The lowest BCUT2D eigenvalue weighted by Crippen LogP contribution is -2.33. The van der Waals surface area contributed by atoms with Crippen LogP contribution in [-0.4, -0.2) is 13.1 Å². The monoisotopic (exact) mass is 191 g/mol. The molecule has 0 fully saturated rings. The zero-order chi connectivity index (χ0) is 10.6. The molecule has 0 radical (unpaired) electrons. The zero-order valence-corrected chi connectivity index (χ0v) is 9.75. The number of aryl methyl sites for hydroxylation is 1. The Balaban J connectivity index is 0.000000461. The van der Waals surface area contributed by atoms with Crippen molar-refractivity contribution in [2.75, 3.05) is 11.9 Å². The summed E-state index contributed by atoms with van der Waals surface area (Å²) in [7, 11) is 2.18. The van der Waals surface area contributed by atoms with E-state index in [4.69, 9.17) is 0 Å². The molecular formula is C13H21N. The van der Waals surface area contributed by atoms with Crippen molar-refractivity contribution in [3.05, 3.63) is 29.8 Å². The molecule has 1 aliphatic heterocycles. The molecule has 0 amide bonds. The van der Waals surface area contributed by atoms with Gasteiger partial charge in [-0.3, -0.25) is 0 Å². The summed E-state index contributed by atoms with van der Waals surface area (Å²) in [5.74, 6) is 0. The maximum absolute atomic E-state index is 2.37. The predicted molar refractivity (Wildman–Crippen MR) is 64.0 cm³/mol. The number of hydrogen-bond acceptors (Lipinski definition) is 1. The second-order valence-electron chi connectivity index (χ2n) is 3.63. The lowest BCUT2D eigenvalue weighted by atomic mass is 9.97. The van der Waals surface area contributed by atoms with Crippen molar-refractivity contribution in [1.82, 2.24) is 0 Å². The minimum Gasteiger partial charge on any atom is -0.372 e. The van der Waals surface area contributed by atoms with Crippen LogP contribution in [-0.2, 0) is 6.42 Å². The summed E-state index contributed by atoms with van der Waals surface area (Å²) >= 11 is 0. The fourth-order valence-electron chi connectivity index (χ4n) is 1.86. The highest BCUT2D eigenvalue weighted by Crippen LogP contribution is 2.28. The Kier molecular flexibility index (Phi) is 3.99. The van der Waals surface area contributed by atoms with E-state index < -0.39 is 0 Å². The Hall–Kier alpha value is -0.980. The van der Waals surface area contributed by atoms with Crippen LogP contribution in [0.3, 0.4) is 0 Å². The molecule has 1 unspecified atom stereocenters. The van der Waals surface area contributed by atoms with Gasteiger partial charge in [0.25, 0.3) is 0 Å². The van der Waals surface area contributed by atoms with Crippen LogP contribution in [0.5, 0.6) is 0 Å². The van der Waals surface area contributed by atoms with E-state index in [2.05, 4.69) is 43.1 Å². The molecule has 0 spiro atoms. The first kappa shape index (κ1) is 11.1. The summed E-state index contributed by atoms with van der Waals surface area (Å²) in [6.45, 7) is 6.29. The molecule has 0 aromatic heterocycles. The van der Waals surface area contributed by atoms with Crippen LogP contribution >= 0.6 is 0 Å². The zero-order valence-electron chi connectivity index (χ0n) is 9.75. The molecule has 0 bridgehead atoms. The number of hydrogen-bond donors (Lipinski definition) is 0. The molecule has 0 aliphatic carbocycles. The number of nitrogens with zero attached hydrogens (tertiary/aromatic N) is 1. The Bertz CT molecular complexity index is 280. The molecule has 0 N–H and O–H groups in total. The lowest BCUT2D eigenvalue weighted by Gasteiger charge is -2.33. The summed E-state index contributed by atoms with van der Waals surface area (Å²) < 4.78 is 0. The molecule has 0 saturated carbocycles. The summed E-state index contributed by atoms with van der Waals surface area (Å²) in [5.41, 5.74) is 2.91. The van der Waals surface area contributed by atoms with E-state index in [1.807, 2.05) is 13.8 Å². The first-order valence-corrected chi connectivity index (χ1v) is 5.60. The van der Waals surface area contributed by atoms with Crippen molar-refractivity contribution in [2.45, 2.75) is 39.7 Å². The van der Waals surface area contributed by atoms with Gasteiger partial charge in [-0.15, -0.1) is 0 Å². The summed E-state index contributed by atoms with van der Waals surface area (Å²) in [6.07, 6.45) is 2.52. The van der Waals surface area contributed by atoms with Crippen LogP contribution in [0.15, 0.2) is 24.3 Å². The third-order valence-corrected chi connectivity index (χ3v) is 2.86. The Morgan fingerprint density at radius 2 is 1.86 bits per heavy atom. The Morgan fingerprint density at radius 1 is 1.21 bits per heavy atom. The van der Waals surface area contributed by atoms with Gasteiger partial charge in [0.2, 0.25) is 0 Å². The molecule has 1 aromatic rings. The standard InChI is InChI=1S/C11H15N.C2H6/c1-9-7-8-10-5-3-4-6-11(10)12(9)2;1-2/h3-6,9H,7-8H2,1-2H3;1-2H3. The average Bonchev–Trinajstić information content (AvgIpc) is 2.27. The van der Waals surface area contributed by atoms with Crippen LogP contribution in [0.25, 0.3) is 0 Å². The number of para-hydroxylation sites is 1. The van der Waals surface area contributed by atoms with Crippen molar-refractivity contribution < 1.29 is 0 Å². The second-order valence-corrected chi connectivity index (χ2v) is 3.63. The molecule has 14 heavy (non-hydrogen) atoms. The van der Waals surface area contributed by atoms with Gasteiger partial charge >= 0.3 is 0 Å². The van der Waals surface area contributed by atoms with Crippen LogP contribution in [0.2, 0.25) is 0 Å². The van der Waals surface area contributed by atoms with Gasteiger partial charge in [-0.2, -0.15) is 0 Å². The summed E-state index contributed by atoms with van der Waals surface area (Å²) in [6, 6.07) is 9.39. The lowest BCUT2D eigenvalue weighted by molar-refractivity contribution is 0.598. The topological polar surface area (TPSA) is 3.24 Å². The minimum atomic E-state index is 0.694. The highest BCUT2D eigenvalue weighted by atomic mass is 15.1. The summed E-state index contributed by atoms with van der Waals surface area (Å²) in [4.78, 5) is 2.37. The smallest absolute Gasteiger partial charge is 0.0398 e. The molecule has 2 rings (SSSR count). The van der Waals surface area contributed by atoms with E-state index in [-0.39, 0.29) is 0 Å². The van der Waals surface area contributed by atoms with E-state index in [0.717, 1.165) is 0 Å². The van der Waals surface area contributed by atoms with Gasteiger partial charge in [0, 0.05) is 18.8 Å². The van der Waals surface area contributed by atoms with Crippen LogP contribution < -0.4 is 4.90 Å². The summed E-state index contributed by atoms with van der Waals surface area (Å²) in [5, 5.41) is 0. The molecule has 1 atom stereocenters. The van der Waals surface area contributed by atoms with E-state index in [1.165, 1.54) is 24.1 Å². The SMILES string of the molecule is CC.CC1CCc2ccccc2N1C. The van der Waals surface area contributed by atoms with E-state index in [0.29, 0.717) is 6.04 Å². The quantitative estimate of drug-likeness (QED) is 0.607. The van der Waals surface area contributed by atoms with Gasteiger partial charge < -0.3 is 4.90 Å². The molecule has 78 valence electrons. The van der Waals surface area contributed by atoms with Gasteiger partial charge in [0.05, 0.1) is 0 Å². The fraction of sp³-hybridized carbons (Fsp3) is 0.538. The first-order chi connectivity index (χ1) is 6.79. The van der Waals surface area contributed by atoms with Crippen molar-refractivity contribution in [1.29, 1.82) is 0 Å². The van der Waals surface area contributed by atoms with Crippen molar-refractivity contribution in [3.8, 4) is 0 Å². The molecular weight excluding hydrogens is 170 g/mol. The molecule has 1 aliphatic rings. The molecule has 1 heterocycles. The third-order valence-electron chi connectivity index (χ3n) is 2.86. The average molecular weight is 191 g/mol. The second kappa shape index (κ2) is 5.04. The number of anilines is 1. The number of fused-ring (bicyclic) bond motifs is 1. The van der Waals surface area contributed by atoms with E-state index in [1.54, 1.807) is 0 Å². The van der Waals surface area contributed by atoms with Crippen LogP contribution in [0.4, 0.5) is 5.69 Å². The van der Waals surface area contributed by atoms with E-state index in [9.17, 15) is 0 Å². The van der Waals surface area contributed by atoms with Gasteiger partial charge in [-0.05, 0) is 31.4 Å². The Labute approximate surface area is 87.7 Å². The maximum atomic E-state index is 2.37. The number of rotatable bonds is 0. The molecule has 1 nitrogen and oxygen atoms in total. The maximum Gasteiger partial charge on any atom is 0.0398 e. The normalized spacial score (nSPS) is 19.4. The van der Waals surface area contributed by atoms with Crippen molar-refractivity contribution in [3.63, 3.8) is 0 Å². The molecule has 1 aromatic carbocycles. The highest BCUT2D eigenvalue weighted by molar-refractivity contribution is 5.55. The first-order valence-electron chi connectivity index (χ1n) is 5.60. The van der Waals surface area contributed by atoms with Gasteiger partial charge in [0.15, 0.2) is 0 Å².